The SMILES string of the molecule is COCCN1CC2(CCN(C(=O)c3ccccc3C)CC2)C2(CCNC2=O)C1. The first-order valence-electron chi connectivity index (χ1n) is 10.4. The Morgan fingerprint density at radius 2 is 1.93 bits per heavy atom. The number of benzene rings is 1. The summed E-state index contributed by atoms with van der Waals surface area (Å²) in [7, 11) is 1.72. The van der Waals surface area contributed by atoms with E-state index in [9.17, 15) is 9.59 Å². The van der Waals surface area contributed by atoms with Crippen molar-refractivity contribution in [2.75, 3.05) is 53.0 Å². The zero-order chi connectivity index (χ0) is 19.8. The monoisotopic (exact) mass is 385 g/mol. The van der Waals surface area contributed by atoms with Gasteiger partial charge in [-0.1, -0.05) is 18.2 Å². The molecule has 1 N–H and O–H groups in total. The Kier molecular flexibility index (Phi) is 5.19. The molecule has 3 aliphatic heterocycles. The summed E-state index contributed by atoms with van der Waals surface area (Å²) >= 11 is 0. The fourth-order valence-corrected chi connectivity index (χ4v) is 5.65. The van der Waals surface area contributed by atoms with Gasteiger partial charge >= 0.3 is 0 Å². The molecule has 0 aromatic heterocycles. The van der Waals surface area contributed by atoms with Gasteiger partial charge in [-0.3, -0.25) is 14.5 Å². The van der Waals surface area contributed by atoms with Crippen LogP contribution in [-0.4, -0.2) is 74.6 Å². The van der Waals surface area contributed by atoms with Crippen LogP contribution in [0.3, 0.4) is 0 Å². The minimum Gasteiger partial charge on any atom is -0.383 e. The third-order valence-corrected chi connectivity index (χ3v) is 7.30. The quantitative estimate of drug-likeness (QED) is 0.857. The molecule has 3 heterocycles. The van der Waals surface area contributed by atoms with Crippen molar-refractivity contribution in [3.8, 4) is 0 Å². The predicted molar refractivity (Wildman–Crippen MR) is 107 cm³/mol. The second kappa shape index (κ2) is 7.48. The first-order valence-corrected chi connectivity index (χ1v) is 10.4. The highest BCUT2D eigenvalue weighted by atomic mass is 16.5. The number of rotatable bonds is 4. The van der Waals surface area contributed by atoms with Crippen molar-refractivity contribution in [2.24, 2.45) is 10.8 Å². The number of carbonyl (C=O) groups is 2. The number of amides is 2. The largest absolute Gasteiger partial charge is 0.383 e. The van der Waals surface area contributed by atoms with Crippen LogP contribution >= 0.6 is 0 Å². The molecular formula is C22H31N3O3. The van der Waals surface area contributed by atoms with Gasteiger partial charge in [0.1, 0.15) is 0 Å². The Morgan fingerprint density at radius 1 is 1.18 bits per heavy atom. The van der Waals surface area contributed by atoms with Crippen LogP contribution in [0.25, 0.3) is 0 Å². The number of fused-ring (bicyclic) bond motifs is 1. The average molecular weight is 386 g/mol. The van der Waals surface area contributed by atoms with E-state index in [0.717, 1.165) is 69.7 Å². The molecule has 1 unspecified atom stereocenters. The van der Waals surface area contributed by atoms with E-state index in [1.54, 1.807) is 7.11 Å². The zero-order valence-corrected chi connectivity index (χ0v) is 17.0. The number of piperidine rings is 1. The van der Waals surface area contributed by atoms with Gasteiger partial charge in [-0.25, -0.2) is 0 Å². The third kappa shape index (κ3) is 3.03. The lowest BCUT2D eigenvalue weighted by Gasteiger charge is -2.46. The van der Waals surface area contributed by atoms with Gasteiger partial charge in [0.05, 0.1) is 12.0 Å². The van der Waals surface area contributed by atoms with Crippen LogP contribution in [0.2, 0.25) is 0 Å². The van der Waals surface area contributed by atoms with E-state index in [-0.39, 0.29) is 22.6 Å². The molecule has 6 nitrogen and oxygen atoms in total. The van der Waals surface area contributed by atoms with E-state index >= 15 is 0 Å². The highest BCUT2D eigenvalue weighted by Crippen LogP contribution is 2.56. The molecule has 2 amide bonds. The first-order chi connectivity index (χ1) is 13.5. The van der Waals surface area contributed by atoms with Crippen LogP contribution in [0.5, 0.6) is 0 Å². The van der Waals surface area contributed by atoms with E-state index in [4.69, 9.17) is 4.74 Å². The Bertz CT molecular complexity index is 757. The fraction of sp³-hybridized carbons (Fsp3) is 0.636. The van der Waals surface area contributed by atoms with Crippen LogP contribution in [0, 0.1) is 17.8 Å². The number of nitrogens with one attached hydrogen (secondary N) is 1. The van der Waals surface area contributed by atoms with Gasteiger partial charge in [-0.15, -0.1) is 0 Å². The summed E-state index contributed by atoms with van der Waals surface area (Å²) < 4.78 is 5.27. The van der Waals surface area contributed by atoms with Crippen molar-refractivity contribution in [3.05, 3.63) is 35.4 Å². The standard InChI is InChI=1S/C22H31N3O3/c1-17-5-3-4-6-18(17)19(26)25-11-8-21(9-12-25)15-24(13-14-28-2)16-22(21)7-10-23-20(22)27/h3-6H,7-16H2,1-2H3,(H,23,27). The minimum absolute atomic E-state index is 0.0379. The summed E-state index contributed by atoms with van der Waals surface area (Å²) in [5.41, 5.74) is 1.47. The number of aryl methyl sites for hydroxylation is 1. The van der Waals surface area contributed by atoms with Gasteiger partial charge in [0.2, 0.25) is 5.91 Å². The molecule has 2 spiro atoms. The first kappa shape index (κ1) is 19.4. The Balaban J connectivity index is 1.52. The fourth-order valence-electron chi connectivity index (χ4n) is 5.65. The normalized spacial score (nSPS) is 26.9. The lowest BCUT2D eigenvalue weighted by Crippen LogP contribution is -2.53. The zero-order valence-electron chi connectivity index (χ0n) is 17.0. The van der Waals surface area contributed by atoms with Crippen molar-refractivity contribution >= 4 is 11.8 Å². The van der Waals surface area contributed by atoms with E-state index in [1.807, 2.05) is 36.1 Å². The Morgan fingerprint density at radius 3 is 2.57 bits per heavy atom. The molecule has 3 fully saturated rings. The highest BCUT2D eigenvalue weighted by molar-refractivity contribution is 5.95. The third-order valence-electron chi connectivity index (χ3n) is 7.30. The maximum absolute atomic E-state index is 13.0. The highest BCUT2D eigenvalue weighted by Gasteiger charge is 2.63. The van der Waals surface area contributed by atoms with Gasteiger partial charge in [0, 0.05) is 57.4 Å². The van der Waals surface area contributed by atoms with Crippen molar-refractivity contribution in [1.82, 2.24) is 15.1 Å². The summed E-state index contributed by atoms with van der Waals surface area (Å²) in [4.78, 5) is 30.3. The molecule has 0 aliphatic carbocycles. The molecule has 0 saturated carbocycles. The number of hydrogen-bond acceptors (Lipinski definition) is 4. The average Bonchev–Trinajstić information content (AvgIpc) is 3.22. The van der Waals surface area contributed by atoms with Crippen molar-refractivity contribution < 1.29 is 14.3 Å². The van der Waals surface area contributed by atoms with Crippen molar-refractivity contribution in [2.45, 2.75) is 26.2 Å². The molecule has 4 rings (SSSR count). The Hall–Kier alpha value is -1.92. The van der Waals surface area contributed by atoms with Crippen LogP contribution in [0.15, 0.2) is 24.3 Å². The summed E-state index contributed by atoms with van der Waals surface area (Å²) in [6, 6.07) is 7.79. The van der Waals surface area contributed by atoms with Gasteiger partial charge in [0.25, 0.3) is 5.91 Å². The predicted octanol–water partition coefficient (Wildman–Crippen LogP) is 1.69. The molecule has 0 bridgehead atoms. The van der Waals surface area contributed by atoms with Gasteiger partial charge in [-0.05, 0) is 37.8 Å². The molecule has 1 aromatic rings. The van der Waals surface area contributed by atoms with Crippen molar-refractivity contribution in [3.63, 3.8) is 0 Å². The number of ether oxygens (including phenoxy) is 1. The van der Waals surface area contributed by atoms with Crippen molar-refractivity contribution in [1.29, 1.82) is 0 Å². The topological polar surface area (TPSA) is 61.9 Å². The van der Waals surface area contributed by atoms with Gasteiger partial charge < -0.3 is 15.0 Å². The number of likely N-dealkylation sites (tertiary alicyclic amines) is 2. The molecular weight excluding hydrogens is 354 g/mol. The minimum atomic E-state index is -0.307. The molecule has 6 heteroatoms. The maximum atomic E-state index is 13.0. The van der Waals surface area contributed by atoms with Crippen LogP contribution in [-0.2, 0) is 9.53 Å². The maximum Gasteiger partial charge on any atom is 0.254 e. The van der Waals surface area contributed by atoms with E-state index < -0.39 is 0 Å². The number of nitrogens with zero attached hydrogens (tertiary/aromatic N) is 2. The number of carbonyl (C=O) groups excluding carboxylic acids is 2. The molecule has 1 atom stereocenters. The second-order valence-corrected chi connectivity index (χ2v) is 8.68. The second-order valence-electron chi connectivity index (χ2n) is 8.68. The van der Waals surface area contributed by atoms with Gasteiger partial charge in [-0.2, -0.15) is 0 Å². The lowest BCUT2D eigenvalue weighted by molar-refractivity contribution is -0.133. The summed E-state index contributed by atoms with van der Waals surface area (Å²) in [5, 5.41) is 3.09. The van der Waals surface area contributed by atoms with E-state index in [1.165, 1.54) is 0 Å². The van der Waals surface area contributed by atoms with Crippen LogP contribution in [0.1, 0.15) is 35.2 Å². The van der Waals surface area contributed by atoms with E-state index in [2.05, 4.69) is 10.2 Å². The van der Waals surface area contributed by atoms with Gasteiger partial charge in [0.15, 0.2) is 0 Å². The molecule has 3 saturated heterocycles. The van der Waals surface area contributed by atoms with E-state index in [0.29, 0.717) is 6.61 Å². The number of hydrogen-bond donors (Lipinski definition) is 1. The lowest BCUT2D eigenvalue weighted by atomic mass is 9.60. The summed E-state index contributed by atoms with van der Waals surface area (Å²) in [6.07, 6.45) is 2.68. The molecule has 3 aliphatic rings. The smallest absolute Gasteiger partial charge is 0.254 e. The Labute approximate surface area is 167 Å². The number of methoxy groups -OCH3 is 1. The molecule has 1 aromatic carbocycles. The van der Waals surface area contributed by atoms with Crippen LogP contribution < -0.4 is 5.32 Å². The van der Waals surface area contributed by atoms with Crippen LogP contribution in [0.4, 0.5) is 0 Å². The summed E-state index contributed by atoms with van der Waals surface area (Å²) in [6.45, 7) is 7.49. The summed E-state index contributed by atoms with van der Waals surface area (Å²) in [5.74, 6) is 0.332. The molecule has 152 valence electrons. The molecule has 0 radical (unpaired) electrons. The molecule has 28 heavy (non-hydrogen) atoms.